The minimum Gasteiger partial charge on any atom is -0.342 e. The molecule has 2 N–H and O–H groups in total. The van der Waals surface area contributed by atoms with Crippen LogP contribution < -0.4 is 5.73 Å². The van der Waals surface area contributed by atoms with Crippen LogP contribution >= 0.6 is 0 Å². The molecule has 1 aliphatic heterocycles. The van der Waals surface area contributed by atoms with Crippen LogP contribution in [0.15, 0.2) is 29.2 Å². The molecule has 0 radical (unpaired) electrons. The lowest BCUT2D eigenvalue weighted by molar-refractivity contribution is -0.129. The average Bonchev–Trinajstić information content (AvgIpc) is 2.94. The first-order valence-corrected chi connectivity index (χ1v) is 8.85. The number of amides is 1. The number of hydrogen-bond donors (Lipinski definition) is 1. The van der Waals surface area contributed by atoms with Gasteiger partial charge in [0.2, 0.25) is 5.91 Å². The Morgan fingerprint density at radius 2 is 2.00 bits per heavy atom. The van der Waals surface area contributed by atoms with Crippen molar-refractivity contribution in [1.82, 2.24) is 4.90 Å². The zero-order chi connectivity index (χ0) is 15.5. The Morgan fingerprint density at radius 1 is 1.33 bits per heavy atom. The highest BCUT2D eigenvalue weighted by Gasteiger charge is 2.26. The SMILES string of the molecule is Cc1ccc(S(=O)(=O)CCC(=O)N2CC[C@@H](CN)C2)cc1. The minimum absolute atomic E-state index is 0.0352. The molecule has 2 rings (SSSR count). The largest absolute Gasteiger partial charge is 0.342 e. The van der Waals surface area contributed by atoms with Gasteiger partial charge in [-0.1, -0.05) is 17.7 Å². The Labute approximate surface area is 126 Å². The quantitative estimate of drug-likeness (QED) is 0.878. The van der Waals surface area contributed by atoms with E-state index in [1.165, 1.54) is 0 Å². The summed E-state index contributed by atoms with van der Waals surface area (Å²) < 4.78 is 24.4. The van der Waals surface area contributed by atoms with Crippen LogP contribution in [-0.4, -0.2) is 44.6 Å². The summed E-state index contributed by atoms with van der Waals surface area (Å²) in [5.74, 6) is 0.114. The zero-order valence-electron chi connectivity index (χ0n) is 12.3. The number of aryl methyl sites for hydroxylation is 1. The molecule has 1 aliphatic rings. The van der Waals surface area contributed by atoms with E-state index in [0.29, 0.717) is 25.6 Å². The third-order valence-electron chi connectivity index (χ3n) is 3.94. The number of nitrogens with two attached hydrogens (primary N) is 1. The summed E-state index contributed by atoms with van der Waals surface area (Å²) in [5, 5.41) is 0. The second kappa shape index (κ2) is 6.58. The lowest BCUT2D eigenvalue weighted by Crippen LogP contribution is -2.31. The highest BCUT2D eigenvalue weighted by molar-refractivity contribution is 7.91. The van der Waals surface area contributed by atoms with Gasteiger partial charge in [-0.15, -0.1) is 0 Å². The summed E-state index contributed by atoms with van der Waals surface area (Å²) >= 11 is 0. The summed E-state index contributed by atoms with van der Waals surface area (Å²) in [6, 6.07) is 6.72. The molecule has 1 fully saturated rings. The van der Waals surface area contributed by atoms with Gasteiger partial charge in [0.15, 0.2) is 9.84 Å². The van der Waals surface area contributed by atoms with Crippen molar-refractivity contribution in [2.24, 2.45) is 11.7 Å². The van der Waals surface area contributed by atoms with E-state index in [-0.39, 0.29) is 23.0 Å². The van der Waals surface area contributed by atoms with Gasteiger partial charge < -0.3 is 10.6 Å². The average molecular weight is 310 g/mol. The third-order valence-corrected chi connectivity index (χ3v) is 5.67. The molecule has 21 heavy (non-hydrogen) atoms. The van der Waals surface area contributed by atoms with E-state index in [1.54, 1.807) is 29.2 Å². The van der Waals surface area contributed by atoms with Crippen molar-refractivity contribution in [1.29, 1.82) is 0 Å². The van der Waals surface area contributed by atoms with Gasteiger partial charge >= 0.3 is 0 Å². The molecule has 1 heterocycles. The molecule has 0 unspecified atom stereocenters. The maximum atomic E-state index is 12.2. The Hall–Kier alpha value is -1.40. The van der Waals surface area contributed by atoms with Crippen molar-refractivity contribution in [3.05, 3.63) is 29.8 Å². The smallest absolute Gasteiger partial charge is 0.223 e. The third kappa shape index (κ3) is 4.04. The molecule has 116 valence electrons. The Kier molecular flexibility index (Phi) is 5.00. The molecule has 6 heteroatoms. The molecular weight excluding hydrogens is 288 g/mol. The normalized spacial score (nSPS) is 19.0. The van der Waals surface area contributed by atoms with Crippen molar-refractivity contribution < 1.29 is 13.2 Å². The monoisotopic (exact) mass is 310 g/mol. The Morgan fingerprint density at radius 3 is 2.57 bits per heavy atom. The summed E-state index contributed by atoms with van der Waals surface area (Å²) in [7, 11) is -3.39. The lowest BCUT2D eigenvalue weighted by atomic mass is 10.1. The van der Waals surface area contributed by atoms with Gasteiger partial charge in [0.25, 0.3) is 0 Å². The molecular formula is C15H22N2O3S. The molecule has 1 aromatic rings. The van der Waals surface area contributed by atoms with E-state index in [4.69, 9.17) is 5.73 Å². The maximum absolute atomic E-state index is 12.2. The molecule has 1 amide bonds. The molecule has 1 saturated heterocycles. The van der Waals surface area contributed by atoms with Crippen molar-refractivity contribution in [3.63, 3.8) is 0 Å². The van der Waals surface area contributed by atoms with Gasteiger partial charge in [-0.05, 0) is 37.9 Å². The standard InChI is InChI=1S/C15H22N2O3S/c1-12-2-4-14(5-3-12)21(19,20)9-7-15(18)17-8-6-13(10-16)11-17/h2-5,13H,6-11,16H2,1H3/t13-/m0/s1. The predicted molar refractivity (Wildman–Crippen MR) is 81.6 cm³/mol. The number of hydrogen-bond acceptors (Lipinski definition) is 4. The van der Waals surface area contributed by atoms with E-state index in [9.17, 15) is 13.2 Å². The van der Waals surface area contributed by atoms with Crippen LogP contribution in [0.25, 0.3) is 0 Å². The number of nitrogens with zero attached hydrogens (tertiary/aromatic N) is 1. The van der Waals surface area contributed by atoms with Crippen LogP contribution in [-0.2, 0) is 14.6 Å². The number of benzene rings is 1. The van der Waals surface area contributed by atoms with E-state index >= 15 is 0 Å². The summed E-state index contributed by atoms with van der Waals surface area (Å²) in [4.78, 5) is 14.1. The van der Waals surface area contributed by atoms with Crippen molar-refractivity contribution >= 4 is 15.7 Å². The Balaban J connectivity index is 1.93. The molecule has 0 spiro atoms. The fraction of sp³-hybridized carbons (Fsp3) is 0.533. The summed E-state index contributed by atoms with van der Waals surface area (Å²) in [6.07, 6.45) is 0.945. The first kappa shape index (κ1) is 16.0. The number of likely N-dealkylation sites (tertiary alicyclic amines) is 1. The number of rotatable bonds is 5. The van der Waals surface area contributed by atoms with E-state index in [0.717, 1.165) is 12.0 Å². The van der Waals surface area contributed by atoms with Gasteiger partial charge in [0.1, 0.15) is 0 Å². The van der Waals surface area contributed by atoms with Gasteiger partial charge in [-0.25, -0.2) is 8.42 Å². The van der Waals surface area contributed by atoms with Crippen LogP contribution in [0.5, 0.6) is 0 Å². The van der Waals surface area contributed by atoms with Gasteiger partial charge in [-0.2, -0.15) is 0 Å². The molecule has 0 aliphatic carbocycles. The van der Waals surface area contributed by atoms with Crippen LogP contribution in [0.2, 0.25) is 0 Å². The van der Waals surface area contributed by atoms with E-state index in [1.807, 2.05) is 6.92 Å². The maximum Gasteiger partial charge on any atom is 0.223 e. The second-order valence-corrected chi connectivity index (χ2v) is 7.72. The van der Waals surface area contributed by atoms with Crippen LogP contribution in [0.4, 0.5) is 0 Å². The topological polar surface area (TPSA) is 80.5 Å². The minimum atomic E-state index is -3.39. The fourth-order valence-electron chi connectivity index (χ4n) is 2.49. The van der Waals surface area contributed by atoms with Crippen molar-refractivity contribution in [2.75, 3.05) is 25.4 Å². The first-order chi connectivity index (χ1) is 9.92. The number of carbonyl (C=O) groups is 1. The number of sulfone groups is 1. The molecule has 1 aromatic carbocycles. The van der Waals surface area contributed by atoms with Crippen LogP contribution in [0.1, 0.15) is 18.4 Å². The van der Waals surface area contributed by atoms with Gasteiger partial charge in [0.05, 0.1) is 10.6 Å². The van der Waals surface area contributed by atoms with Crippen molar-refractivity contribution in [3.8, 4) is 0 Å². The molecule has 0 bridgehead atoms. The van der Waals surface area contributed by atoms with E-state index in [2.05, 4.69) is 0 Å². The van der Waals surface area contributed by atoms with Crippen molar-refractivity contribution in [2.45, 2.75) is 24.7 Å². The van der Waals surface area contributed by atoms with Crippen LogP contribution in [0.3, 0.4) is 0 Å². The molecule has 0 saturated carbocycles. The Bertz CT molecular complexity index is 596. The second-order valence-electron chi connectivity index (χ2n) is 5.61. The highest BCUT2D eigenvalue weighted by Crippen LogP contribution is 2.17. The summed E-state index contributed by atoms with van der Waals surface area (Å²) in [6.45, 7) is 3.82. The first-order valence-electron chi connectivity index (χ1n) is 7.19. The zero-order valence-corrected chi connectivity index (χ0v) is 13.1. The number of carbonyl (C=O) groups excluding carboxylic acids is 1. The predicted octanol–water partition coefficient (Wildman–Crippen LogP) is 0.966. The molecule has 1 atom stereocenters. The summed E-state index contributed by atoms with van der Waals surface area (Å²) in [5.41, 5.74) is 6.60. The fourth-order valence-corrected chi connectivity index (χ4v) is 3.72. The molecule has 5 nitrogen and oxygen atoms in total. The lowest BCUT2D eigenvalue weighted by Gasteiger charge is -2.16. The van der Waals surface area contributed by atoms with Gasteiger partial charge in [-0.3, -0.25) is 4.79 Å². The highest BCUT2D eigenvalue weighted by atomic mass is 32.2. The van der Waals surface area contributed by atoms with Gasteiger partial charge in [0, 0.05) is 19.5 Å². The van der Waals surface area contributed by atoms with Crippen LogP contribution in [0, 0.1) is 12.8 Å². The molecule has 0 aromatic heterocycles. The van der Waals surface area contributed by atoms with E-state index < -0.39 is 9.84 Å².